The van der Waals surface area contributed by atoms with Gasteiger partial charge in [-0.25, -0.2) is 4.79 Å². The topological polar surface area (TPSA) is 55.4 Å². The molecule has 1 amide bonds. The zero-order chi connectivity index (χ0) is 15.9. The quantitative estimate of drug-likeness (QED) is 0.492. The van der Waals surface area contributed by atoms with Gasteiger partial charge in [-0.2, -0.15) is 0 Å². The lowest BCUT2D eigenvalue weighted by molar-refractivity contribution is 0.0525. The van der Waals surface area contributed by atoms with Crippen LogP contribution in [-0.4, -0.2) is 24.0 Å². The van der Waals surface area contributed by atoms with E-state index in [9.17, 15) is 9.59 Å². The number of ketones is 1. The minimum atomic E-state index is -0.510. The SMILES string of the molecule is CC(C)(C)OC(=O)NCCCC(=O)c1ccc(CCl)cc1. The predicted octanol–water partition coefficient (Wildman–Crippen LogP) is 3.91. The van der Waals surface area contributed by atoms with Gasteiger partial charge in [0.2, 0.25) is 0 Å². The number of ether oxygens (including phenoxy) is 1. The van der Waals surface area contributed by atoms with Gasteiger partial charge < -0.3 is 10.1 Å². The Morgan fingerprint density at radius 3 is 2.33 bits per heavy atom. The van der Waals surface area contributed by atoms with E-state index in [0.717, 1.165) is 5.56 Å². The summed E-state index contributed by atoms with van der Waals surface area (Å²) in [5.41, 5.74) is 1.14. The minimum Gasteiger partial charge on any atom is -0.444 e. The van der Waals surface area contributed by atoms with Gasteiger partial charge in [0.05, 0.1) is 0 Å². The number of halogens is 1. The summed E-state index contributed by atoms with van der Waals surface area (Å²) >= 11 is 5.70. The highest BCUT2D eigenvalue weighted by atomic mass is 35.5. The molecule has 5 heteroatoms. The first-order chi connectivity index (χ1) is 9.81. The maximum atomic E-state index is 11.9. The van der Waals surface area contributed by atoms with Crippen molar-refractivity contribution < 1.29 is 14.3 Å². The number of benzene rings is 1. The zero-order valence-corrected chi connectivity index (χ0v) is 13.5. The molecule has 1 rings (SSSR count). The maximum Gasteiger partial charge on any atom is 0.407 e. The van der Waals surface area contributed by atoms with Crippen molar-refractivity contribution in [3.63, 3.8) is 0 Å². The third-order valence-electron chi connectivity index (χ3n) is 2.68. The molecule has 0 aromatic heterocycles. The minimum absolute atomic E-state index is 0.0575. The Balaban J connectivity index is 2.28. The highest BCUT2D eigenvalue weighted by molar-refractivity contribution is 6.17. The van der Waals surface area contributed by atoms with Crippen LogP contribution in [0.25, 0.3) is 0 Å². The van der Waals surface area contributed by atoms with Crippen molar-refractivity contribution >= 4 is 23.5 Å². The van der Waals surface area contributed by atoms with Crippen molar-refractivity contribution in [3.05, 3.63) is 35.4 Å². The molecule has 0 unspecified atom stereocenters. The lowest BCUT2D eigenvalue weighted by atomic mass is 10.1. The second-order valence-corrected chi connectivity index (χ2v) is 6.05. The van der Waals surface area contributed by atoms with Crippen molar-refractivity contribution in [2.45, 2.75) is 45.1 Å². The molecule has 0 radical (unpaired) electrons. The lowest BCUT2D eigenvalue weighted by Gasteiger charge is -2.19. The number of rotatable bonds is 6. The summed E-state index contributed by atoms with van der Waals surface area (Å²) in [6.07, 6.45) is 0.507. The molecule has 0 fully saturated rings. The van der Waals surface area contributed by atoms with E-state index in [1.165, 1.54) is 0 Å². The molecule has 0 aliphatic carbocycles. The molecule has 0 spiro atoms. The number of nitrogens with one attached hydrogen (secondary N) is 1. The molecule has 0 bridgehead atoms. The number of Topliss-reactive ketones (excluding diaryl/α,β-unsaturated/α-hetero) is 1. The fourth-order valence-corrected chi connectivity index (χ4v) is 1.86. The first kappa shape index (κ1) is 17.5. The van der Waals surface area contributed by atoms with E-state index in [1.54, 1.807) is 32.9 Å². The first-order valence-corrected chi connectivity index (χ1v) is 7.50. The van der Waals surface area contributed by atoms with Crippen molar-refractivity contribution in [1.82, 2.24) is 5.32 Å². The Labute approximate surface area is 130 Å². The summed E-state index contributed by atoms with van der Waals surface area (Å²) in [5.74, 6) is 0.496. The van der Waals surface area contributed by atoms with Gasteiger partial charge in [0, 0.05) is 24.4 Å². The molecular weight excluding hydrogens is 290 g/mol. The van der Waals surface area contributed by atoms with Crippen LogP contribution in [0.3, 0.4) is 0 Å². The summed E-state index contributed by atoms with van der Waals surface area (Å²) in [7, 11) is 0. The number of alkyl carbamates (subject to hydrolysis) is 1. The molecule has 0 aliphatic heterocycles. The van der Waals surface area contributed by atoms with Gasteiger partial charge in [-0.15, -0.1) is 11.6 Å². The molecule has 4 nitrogen and oxygen atoms in total. The fraction of sp³-hybridized carbons (Fsp3) is 0.500. The molecule has 116 valence electrons. The summed E-state index contributed by atoms with van der Waals surface area (Å²) < 4.78 is 5.11. The average Bonchev–Trinajstić information content (AvgIpc) is 2.41. The molecule has 0 aliphatic rings. The first-order valence-electron chi connectivity index (χ1n) is 6.97. The number of hydrogen-bond acceptors (Lipinski definition) is 3. The van der Waals surface area contributed by atoms with E-state index >= 15 is 0 Å². The van der Waals surface area contributed by atoms with Gasteiger partial charge in [-0.1, -0.05) is 24.3 Å². The van der Waals surface area contributed by atoms with E-state index in [4.69, 9.17) is 16.3 Å². The van der Waals surface area contributed by atoms with Crippen LogP contribution >= 0.6 is 11.6 Å². The highest BCUT2D eigenvalue weighted by Gasteiger charge is 2.15. The van der Waals surface area contributed by atoms with Crippen LogP contribution < -0.4 is 5.32 Å². The van der Waals surface area contributed by atoms with Crippen LogP contribution in [0.1, 0.15) is 49.5 Å². The molecule has 1 aromatic carbocycles. The third-order valence-corrected chi connectivity index (χ3v) is 2.99. The molecule has 0 heterocycles. The zero-order valence-electron chi connectivity index (χ0n) is 12.7. The normalized spacial score (nSPS) is 11.0. The second kappa shape index (κ2) is 8.03. The van der Waals surface area contributed by atoms with Crippen molar-refractivity contribution in [3.8, 4) is 0 Å². The predicted molar refractivity (Wildman–Crippen MR) is 83.8 cm³/mol. The van der Waals surface area contributed by atoms with Crippen LogP contribution in [-0.2, 0) is 10.6 Å². The van der Waals surface area contributed by atoms with E-state index in [2.05, 4.69) is 5.32 Å². The lowest BCUT2D eigenvalue weighted by Crippen LogP contribution is -2.33. The van der Waals surface area contributed by atoms with E-state index < -0.39 is 11.7 Å². The van der Waals surface area contributed by atoms with E-state index in [0.29, 0.717) is 30.8 Å². The smallest absolute Gasteiger partial charge is 0.407 e. The molecular formula is C16H22ClNO3. The number of carbonyl (C=O) groups excluding carboxylic acids is 2. The molecule has 0 saturated carbocycles. The number of carbonyl (C=O) groups is 2. The van der Waals surface area contributed by atoms with Gasteiger partial charge in [-0.3, -0.25) is 4.79 Å². The molecule has 21 heavy (non-hydrogen) atoms. The Morgan fingerprint density at radius 1 is 1.19 bits per heavy atom. The molecule has 1 aromatic rings. The van der Waals surface area contributed by atoms with Crippen LogP contribution in [0.4, 0.5) is 4.79 Å². The third kappa shape index (κ3) is 7.14. The van der Waals surface area contributed by atoms with Gasteiger partial charge in [-0.05, 0) is 32.8 Å². The molecule has 0 saturated heterocycles. The Bertz CT molecular complexity index is 477. The van der Waals surface area contributed by atoms with Crippen molar-refractivity contribution in [1.29, 1.82) is 0 Å². The van der Waals surface area contributed by atoms with Crippen LogP contribution in [0.15, 0.2) is 24.3 Å². The van der Waals surface area contributed by atoms with Crippen LogP contribution in [0, 0.1) is 0 Å². The second-order valence-electron chi connectivity index (χ2n) is 5.79. The standard InChI is InChI=1S/C16H22ClNO3/c1-16(2,3)21-15(20)18-10-4-5-14(19)13-8-6-12(11-17)7-9-13/h6-9H,4-5,10-11H2,1-3H3,(H,18,20). The monoisotopic (exact) mass is 311 g/mol. The fourth-order valence-electron chi connectivity index (χ4n) is 1.68. The molecule has 0 atom stereocenters. The van der Waals surface area contributed by atoms with E-state index in [1.807, 2.05) is 12.1 Å². The highest BCUT2D eigenvalue weighted by Crippen LogP contribution is 2.10. The largest absolute Gasteiger partial charge is 0.444 e. The summed E-state index contributed by atoms with van der Waals surface area (Å²) in [4.78, 5) is 23.4. The summed E-state index contributed by atoms with van der Waals surface area (Å²) in [6.45, 7) is 5.84. The summed E-state index contributed by atoms with van der Waals surface area (Å²) in [5, 5.41) is 2.63. The summed E-state index contributed by atoms with van der Waals surface area (Å²) in [6, 6.07) is 7.25. The van der Waals surface area contributed by atoms with Crippen molar-refractivity contribution in [2.24, 2.45) is 0 Å². The van der Waals surface area contributed by atoms with Gasteiger partial charge in [0.1, 0.15) is 5.60 Å². The maximum absolute atomic E-state index is 11.9. The van der Waals surface area contributed by atoms with Gasteiger partial charge in [0.25, 0.3) is 0 Å². The number of hydrogen-bond donors (Lipinski definition) is 1. The number of amides is 1. The molecule has 1 N–H and O–H groups in total. The Kier molecular flexibility index (Phi) is 6.69. The van der Waals surface area contributed by atoms with E-state index in [-0.39, 0.29) is 5.78 Å². The van der Waals surface area contributed by atoms with Crippen LogP contribution in [0.2, 0.25) is 0 Å². The average molecular weight is 312 g/mol. The number of alkyl halides is 1. The van der Waals surface area contributed by atoms with Gasteiger partial charge in [0.15, 0.2) is 5.78 Å². The Hall–Kier alpha value is -1.55. The van der Waals surface area contributed by atoms with Crippen LogP contribution in [0.5, 0.6) is 0 Å². The van der Waals surface area contributed by atoms with Gasteiger partial charge >= 0.3 is 6.09 Å². The Morgan fingerprint density at radius 2 is 1.81 bits per heavy atom. The van der Waals surface area contributed by atoms with Crippen molar-refractivity contribution in [2.75, 3.05) is 6.54 Å².